The normalized spacial score (nSPS) is 15.4. The maximum atomic E-state index is 13.0. The summed E-state index contributed by atoms with van der Waals surface area (Å²) >= 11 is 0. The van der Waals surface area contributed by atoms with Crippen LogP contribution in [0.1, 0.15) is 38.6 Å². The van der Waals surface area contributed by atoms with Crippen LogP contribution in [0.4, 0.5) is 0 Å². The molecule has 0 saturated heterocycles. The third kappa shape index (κ3) is 5.12. The molecule has 1 aromatic carbocycles. The first-order valence-electron chi connectivity index (χ1n) is 11.1. The second kappa shape index (κ2) is 9.73. The molecule has 0 radical (unpaired) electrons. The van der Waals surface area contributed by atoms with Crippen LogP contribution in [0.2, 0.25) is 0 Å². The van der Waals surface area contributed by atoms with Crippen molar-refractivity contribution in [2.24, 2.45) is 5.41 Å². The van der Waals surface area contributed by atoms with Crippen LogP contribution in [0.15, 0.2) is 24.3 Å². The third-order valence-electron chi connectivity index (χ3n) is 5.85. The number of rotatable bonds is 6. The summed E-state index contributed by atoms with van der Waals surface area (Å²) in [5.74, 6) is 1.15. The van der Waals surface area contributed by atoms with Gasteiger partial charge < -0.3 is 24.8 Å². The first-order chi connectivity index (χ1) is 15.2. The second-order valence-corrected chi connectivity index (χ2v) is 9.43. The molecular formula is C24H35N5O3. The SMILES string of the molecule is CNC(=O)[C@@H](NC(=O)Cc1nc(-c2ccccc2OC)n2c1CN(C)CCC2)C(C)(C)C. The van der Waals surface area contributed by atoms with Crippen LogP contribution in [0.3, 0.4) is 0 Å². The Hall–Kier alpha value is -2.87. The number of para-hydroxylation sites is 1. The minimum atomic E-state index is -0.627. The van der Waals surface area contributed by atoms with E-state index < -0.39 is 11.5 Å². The zero-order valence-electron chi connectivity index (χ0n) is 20.0. The number of ether oxygens (including phenoxy) is 1. The van der Waals surface area contributed by atoms with Crippen LogP contribution < -0.4 is 15.4 Å². The Bertz CT molecular complexity index is 976. The number of imidazole rings is 1. The molecule has 1 aromatic heterocycles. The highest BCUT2D eigenvalue weighted by atomic mass is 16.5. The van der Waals surface area contributed by atoms with E-state index in [1.165, 1.54) is 0 Å². The van der Waals surface area contributed by atoms with E-state index in [-0.39, 0.29) is 18.2 Å². The molecule has 0 bridgehead atoms. The van der Waals surface area contributed by atoms with Crippen LogP contribution in [0, 0.1) is 5.41 Å². The molecule has 2 amide bonds. The number of nitrogens with zero attached hydrogens (tertiary/aromatic N) is 3. The van der Waals surface area contributed by atoms with Gasteiger partial charge in [-0.2, -0.15) is 0 Å². The van der Waals surface area contributed by atoms with E-state index in [0.717, 1.165) is 48.0 Å². The Morgan fingerprint density at radius 1 is 1.22 bits per heavy atom. The first-order valence-corrected chi connectivity index (χ1v) is 11.1. The highest BCUT2D eigenvalue weighted by Gasteiger charge is 2.33. The summed E-state index contributed by atoms with van der Waals surface area (Å²) in [5.41, 5.74) is 2.27. The number of carbonyl (C=O) groups is 2. The highest BCUT2D eigenvalue weighted by molar-refractivity contribution is 5.89. The van der Waals surface area contributed by atoms with Gasteiger partial charge in [-0.15, -0.1) is 0 Å². The van der Waals surface area contributed by atoms with Gasteiger partial charge in [0.25, 0.3) is 0 Å². The van der Waals surface area contributed by atoms with E-state index in [0.29, 0.717) is 6.54 Å². The monoisotopic (exact) mass is 441 g/mol. The number of hydrogen-bond acceptors (Lipinski definition) is 5. The van der Waals surface area contributed by atoms with Crippen molar-refractivity contribution in [2.75, 3.05) is 27.7 Å². The molecule has 0 saturated carbocycles. The summed E-state index contributed by atoms with van der Waals surface area (Å²) in [4.78, 5) is 32.6. The lowest BCUT2D eigenvalue weighted by Crippen LogP contribution is -2.53. The maximum Gasteiger partial charge on any atom is 0.242 e. The first kappa shape index (κ1) is 23.8. The summed E-state index contributed by atoms with van der Waals surface area (Å²) in [6.45, 7) is 8.31. The zero-order chi connectivity index (χ0) is 23.5. The van der Waals surface area contributed by atoms with Gasteiger partial charge in [-0.25, -0.2) is 4.98 Å². The lowest BCUT2D eigenvalue weighted by Gasteiger charge is -2.29. The topological polar surface area (TPSA) is 88.5 Å². The van der Waals surface area contributed by atoms with Gasteiger partial charge in [0.2, 0.25) is 11.8 Å². The highest BCUT2D eigenvalue weighted by Crippen LogP contribution is 2.32. The molecule has 0 unspecified atom stereocenters. The molecule has 2 heterocycles. The van der Waals surface area contributed by atoms with Gasteiger partial charge in [-0.05, 0) is 37.6 Å². The van der Waals surface area contributed by atoms with Gasteiger partial charge in [-0.1, -0.05) is 32.9 Å². The maximum absolute atomic E-state index is 13.0. The molecule has 8 nitrogen and oxygen atoms in total. The van der Waals surface area contributed by atoms with Crippen molar-refractivity contribution in [1.29, 1.82) is 0 Å². The van der Waals surface area contributed by atoms with Crippen LogP contribution in [-0.4, -0.2) is 60.1 Å². The predicted molar refractivity (Wildman–Crippen MR) is 124 cm³/mol. The van der Waals surface area contributed by atoms with Gasteiger partial charge in [0.1, 0.15) is 17.6 Å². The molecule has 1 aliphatic heterocycles. The van der Waals surface area contributed by atoms with Crippen molar-refractivity contribution in [3.63, 3.8) is 0 Å². The molecular weight excluding hydrogens is 406 g/mol. The van der Waals surface area contributed by atoms with Crippen molar-refractivity contribution in [3.05, 3.63) is 35.7 Å². The Balaban J connectivity index is 1.97. The van der Waals surface area contributed by atoms with E-state index in [1.54, 1.807) is 14.2 Å². The summed E-state index contributed by atoms with van der Waals surface area (Å²) in [6.07, 6.45) is 1.11. The fraction of sp³-hybridized carbons (Fsp3) is 0.542. The summed E-state index contributed by atoms with van der Waals surface area (Å²) < 4.78 is 7.79. The third-order valence-corrected chi connectivity index (χ3v) is 5.85. The van der Waals surface area contributed by atoms with Gasteiger partial charge in [0.05, 0.1) is 30.5 Å². The Labute approximate surface area is 190 Å². The van der Waals surface area contributed by atoms with Crippen LogP contribution in [0.25, 0.3) is 11.4 Å². The molecule has 2 aromatic rings. The van der Waals surface area contributed by atoms with E-state index in [4.69, 9.17) is 9.72 Å². The quantitative estimate of drug-likeness (QED) is 0.718. The predicted octanol–water partition coefficient (Wildman–Crippen LogP) is 2.21. The van der Waals surface area contributed by atoms with Crippen molar-refractivity contribution in [3.8, 4) is 17.1 Å². The number of aromatic nitrogens is 2. The van der Waals surface area contributed by atoms with E-state index in [1.807, 2.05) is 45.0 Å². The average Bonchev–Trinajstić information content (AvgIpc) is 2.94. The minimum Gasteiger partial charge on any atom is -0.496 e. The molecule has 1 atom stereocenters. The standard InChI is InChI=1S/C24H35N5O3/c1-24(2,3)21(23(31)25-4)27-20(30)14-17-18-15-28(5)12-9-13-29(18)22(26-17)16-10-7-8-11-19(16)32-6/h7-8,10-11,21H,9,12-15H2,1-6H3,(H,25,31)(H,27,30)/t21-/m1/s1. The fourth-order valence-electron chi connectivity index (χ4n) is 4.15. The number of fused-ring (bicyclic) bond motifs is 1. The number of benzene rings is 1. The molecule has 2 N–H and O–H groups in total. The lowest BCUT2D eigenvalue weighted by atomic mass is 9.86. The second-order valence-electron chi connectivity index (χ2n) is 9.43. The summed E-state index contributed by atoms with van der Waals surface area (Å²) in [5, 5.41) is 5.57. The Morgan fingerprint density at radius 2 is 1.94 bits per heavy atom. The van der Waals surface area contributed by atoms with Crippen molar-refractivity contribution in [2.45, 2.75) is 52.7 Å². The van der Waals surface area contributed by atoms with Gasteiger partial charge in [-0.3, -0.25) is 9.59 Å². The number of likely N-dealkylation sites (N-methyl/N-ethyl adjacent to an activating group) is 1. The number of hydrogen-bond donors (Lipinski definition) is 2. The number of nitrogens with one attached hydrogen (secondary N) is 2. The molecule has 32 heavy (non-hydrogen) atoms. The van der Waals surface area contributed by atoms with Crippen LogP contribution >= 0.6 is 0 Å². The zero-order valence-corrected chi connectivity index (χ0v) is 20.0. The molecule has 0 fully saturated rings. The Morgan fingerprint density at radius 3 is 2.59 bits per heavy atom. The summed E-state index contributed by atoms with van der Waals surface area (Å²) in [7, 11) is 5.31. The molecule has 1 aliphatic rings. The summed E-state index contributed by atoms with van der Waals surface area (Å²) in [6, 6.07) is 7.18. The lowest BCUT2D eigenvalue weighted by molar-refractivity contribution is -0.131. The molecule has 8 heteroatoms. The largest absolute Gasteiger partial charge is 0.496 e. The average molecular weight is 442 g/mol. The Kier molecular flexibility index (Phi) is 7.23. The number of methoxy groups -OCH3 is 1. The van der Waals surface area contributed by atoms with Crippen molar-refractivity contribution in [1.82, 2.24) is 25.1 Å². The van der Waals surface area contributed by atoms with Gasteiger partial charge in [0, 0.05) is 20.1 Å². The minimum absolute atomic E-state index is 0.113. The fourth-order valence-corrected chi connectivity index (χ4v) is 4.15. The smallest absolute Gasteiger partial charge is 0.242 e. The van der Waals surface area contributed by atoms with E-state index in [9.17, 15) is 9.59 Å². The van der Waals surface area contributed by atoms with Gasteiger partial charge >= 0.3 is 0 Å². The molecule has 174 valence electrons. The molecule has 0 spiro atoms. The van der Waals surface area contributed by atoms with Crippen molar-refractivity contribution < 1.29 is 14.3 Å². The van der Waals surface area contributed by atoms with Crippen LogP contribution in [0.5, 0.6) is 5.75 Å². The molecule has 3 rings (SSSR count). The van der Waals surface area contributed by atoms with E-state index in [2.05, 4.69) is 27.1 Å². The van der Waals surface area contributed by atoms with Gasteiger partial charge in [0.15, 0.2) is 0 Å². The van der Waals surface area contributed by atoms with E-state index >= 15 is 0 Å². The van der Waals surface area contributed by atoms with Crippen molar-refractivity contribution >= 4 is 11.8 Å². The number of amides is 2. The molecule has 0 aliphatic carbocycles. The number of carbonyl (C=O) groups excluding carboxylic acids is 2. The van der Waals surface area contributed by atoms with Crippen LogP contribution in [-0.2, 0) is 29.1 Å².